The van der Waals surface area contributed by atoms with E-state index >= 15 is 0 Å². The van der Waals surface area contributed by atoms with Crippen molar-refractivity contribution in [3.05, 3.63) is 36.3 Å². The van der Waals surface area contributed by atoms with E-state index in [1.165, 1.54) is 7.11 Å². The summed E-state index contributed by atoms with van der Waals surface area (Å²) in [4.78, 5) is 15.7. The number of ether oxygens (including phenoxy) is 1. The molecule has 5 nitrogen and oxygen atoms in total. The minimum absolute atomic E-state index is 0.0950. The van der Waals surface area contributed by atoms with Gasteiger partial charge in [0, 0.05) is 24.9 Å². The maximum atomic E-state index is 11.3. The number of methoxy groups -OCH3 is 1. The van der Waals surface area contributed by atoms with Crippen LogP contribution in [0.4, 0.5) is 0 Å². The van der Waals surface area contributed by atoms with Gasteiger partial charge in [-0.2, -0.15) is 0 Å². The Kier molecular flexibility index (Phi) is 3.39. The molecule has 2 N–H and O–H groups in total. The highest BCUT2D eigenvalue weighted by Crippen LogP contribution is 2.18. The topological polar surface area (TPSA) is 69.6 Å². The van der Waals surface area contributed by atoms with Crippen LogP contribution in [0, 0.1) is 0 Å². The number of hydrogen-bond acceptors (Lipinski definition) is 4. The summed E-state index contributed by atoms with van der Waals surface area (Å²) < 4.78 is 6.56. The van der Waals surface area contributed by atoms with Crippen LogP contribution in [-0.2, 0) is 9.53 Å². The lowest BCUT2D eigenvalue weighted by atomic mass is 10.0. The van der Waals surface area contributed by atoms with E-state index in [0.29, 0.717) is 6.54 Å². The Balaban J connectivity index is 2.27. The van der Waals surface area contributed by atoms with Crippen molar-refractivity contribution >= 4 is 11.6 Å². The van der Waals surface area contributed by atoms with Crippen molar-refractivity contribution in [3.63, 3.8) is 0 Å². The van der Waals surface area contributed by atoms with E-state index in [4.69, 9.17) is 5.73 Å². The highest BCUT2D eigenvalue weighted by Gasteiger charge is 2.17. The molecule has 2 heterocycles. The van der Waals surface area contributed by atoms with Crippen molar-refractivity contribution in [2.45, 2.75) is 12.3 Å². The average Bonchev–Trinajstić information content (AvgIpc) is 2.78. The third-order valence-corrected chi connectivity index (χ3v) is 2.73. The Bertz CT molecular complexity index is 488. The molecule has 17 heavy (non-hydrogen) atoms. The molecule has 90 valence electrons. The smallest absolute Gasteiger partial charge is 0.306 e. The van der Waals surface area contributed by atoms with E-state index in [2.05, 4.69) is 9.72 Å². The first-order chi connectivity index (χ1) is 8.24. The Labute approximate surface area is 99.2 Å². The molecule has 5 heteroatoms. The summed E-state index contributed by atoms with van der Waals surface area (Å²) in [6.45, 7) is 0.374. The number of rotatable bonds is 4. The number of nitrogens with zero attached hydrogens (tertiary/aromatic N) is 2. The van der Waals surface area contributed by atoms with E-state index in [1.54, 1.807) is 0 Å². The van der Waals surface area contributed by atoms with Gasteiger partial charge in [0.25, 0.3) is 0 Å². The van der Waals surface area contributed by atoms with Crippen LogP contribution in [0.15, 0.2) is 30.6 Å². The summed E-state index contributed by atoms with van der Waals surface area (Å²) in [7, 11) is 1.37. The molecule has 0 aliphatic carbocycles. The van der Waals surface area contributed by atoms with Gasteiger partial charge in [0.15, 0.2) is 0 Å². The van der Waals surface area contributed by atoms with Gasteiger partial charge in [-0.1, -0.05) is 6.07 Å². The zero-order chi connectivity index (χ0) is 12.3. The van der Waals surface area contributed by atoms with Crippen molar-refractivity contribution in [2.24, 2.45) is 5.73 Å². The van der Waals surface area contributed by atoms with E-state index < -0.39 is 0 Å². The Morgan fingerprint density at radius 2 is 2.41 bits per heavy atom. The van der Waals surface area contributed by atoms with Crippen molar-refractivity contribution in [1.29, 1.82) is 0 Å². The number of carbonyl (C=O) groups excluding carboxylic acids is 1. The lowest BCUT2D eigenvalue weighted by molar-refractivity contribution is -0.141. The van der Waals surface area contributed by atoms with Gasteiger partial charge in [0.2, 0.25) is 0 Å². The molecule has 2 aromatic heterocycles. The average molecular weight is 233 g/mol. The molecule has 0 bridgehead atoms. The highest BCUT2D eigenvalue weighted by molar-refractivity contribution is 5.70. The van der Waals surface area contributed by atoms with Crippen LogP contribution in [0.2, 0.25) is 0 Å². The molecule has 0 amide bonds. The number of fused-ring (bicyclic) bond motifs is 1. The summed E-state index contributed by atoms with van der Waals surface area (Å²) in [5, 5.41) is 0. The number of hydrogen-bond donors (Lipinski definition) is 1. The van der Waals surface area contributed by atoms with E-state index in [-0.39, 0.29) is 18.3 Å². The zero-order valence-electron chi connectivity index (χ0n) is 9.67. The monoisotopic (exact) mass is 233 g/mol. The predicted octanol–water partition coefficient (Wildman–Crippen LogP) is 0.940. The third kappa shape index (κ3) is 2.45. The minimum atomic E-state index is -0.266. The predicted molar refractivity (Wildman–Crippen MR) is 63.6 cm³/mol. The van der Waals surface area contributed by atoms with Crippen molar-refractivity contribution in [1.82, 2.24) is 9.38 Å². The molecule has 0 fully saturated rings. The molecule has 0 saturated heterocycles. The molecule has 0 aliphatic heterocycles. The van der Waals surface area contributed by atoms with Gasteiger partial charge >= 0.3 is 5.97 Å². The summed E-state index contributed by atoms with van der Waals surface area (Å²) in [5.41, 5.74) is 7.35. The molecule has 2 aromatic rings. The maximum absolute atomic E-state index is 11.3. The van der Waals surface area contributed by atoms with Gasteiger partial charge in [-0.3, -0.25) is 4.79 Å². The summed E-state index contributed by atoms with van der Waals surface area (Å²) in [5.74, 6) is -0.361. The molecule has 0 aliphatic rings. The molecule has 2 rings (SSSR count). The third-order valence-electron chi connectivity index (χ3n) is 2.73. The fourth-order valence-electron chi connectivity index (χ4n) is 1.74. The minimum Gasteiger partial charge on any atom is -0.469 e. The second-order valence-corrected chi connectivity index (χ2v) is 3.84. The van der Waals surface area contributed by atoms with E-state index in [0.717, 1.165) is 11.3 Å². The number of esters is 1. The molecule has 1 atom stereocenters. The molecule has 0 spiro atoms. The lowest BCUT2D eigenvalue weighted by Gasteiger charge is -2.09. The number of aromatic nitrogens is 2. The number of nitrogens with two attached hydrogens (primary N) is 1. The Hall–Kier alpha value is -1.88. The summed E-state index contributed by atoms with van der Waals surface area (Å²) in [6, 6.07) is 5.76. The largest absolute Gasteiger partial charge is 0.469 e. The molecular formula is C12H15N3O2. The molecule has 0 aromatic carbocycles. The first kappa shape index (κ1) is 11.6. The van der Waals surface area contributed by atoms with Crippen molar-refractivity contribution in [3.8, 4) is 0 Å². The van der Waals surface area contributed by atoms with Crippen LogP contribution in [-0.4, -0.2) is 29.0 Å². The van der Waals surface area contributed by atoms with Gasteiger partial charge in [0.1, 0.15) is 5.65 Å². The number of imidazole rings is 1. The SMILES string of the molecule is COC(=O)CC(CN)c1cn2ccccc2n1. The first-order valence-electron chi connectivity index (χ1n) is 5.45. The molecule has 0 saturated carbocycles. The Morgan fingerprint density at radius 3 is 3.06 bits per heavy atom. The van der Waals surface area contributed by atoms with Crippen LogP contribution in [0.5, 0.6) is 0 Å². The zero-order valence-corrected chi connectivity index (χ0v) is 9.67. The second-order valence-electron chi connectivity index (χ2n) is 3.84. The van der Waals surface area contributed by atoms with Crippen LogP contribution < -0.4 is 5.73 Å². The van der Waals surface area contributed by atoms with Crippen molar-refractivity contribution in [2.75, 3.05) is 13.7 Å². The Morgan fingerprint density at radius 1 is 1.59 bits per heavy atom. The van der Waals surface area contributed by atoms with Gasteiger partial charge in [-0.25, -0.2) is 4.98 Å². The lowest BCUT2D eigenvalue weighted by Crippen LogP contribution is -2.17. The van der Waals surface area contributed by atoms with Gasteiger partial charge in [0.05, 0.1) is 19.2 Å². The van der Waals surface area contributed by atoms with Crippen LogP contribution in [0.3, 0.4) is 0 Å². The van der Waals surface area contributed by atoms with Gasteiger partial charge in [-0.15, -0.1) is 0 Å². The maximum Gasteiger partial charge on any atom is 0.306 e. The van der Waals surface area contributed by atoms with Gasteiger partial charge < -0.3 is 14.9 Å². The fraction of sp³-hybridized carbons (Fsp3) is 0.333. The van der Waals surface area contributed by atoms with Crippen LogP contribution >= 0.6 is 0 Å². The molecule has 0 radical (unpaired) electrons. The quantitative estimate of drug-likeness (QED) is 0.798. The highest BCUT2D eigenvalue weighted by atomic mass is 16.5. The first-order valence-corrected chi connectivity index (χ1v) is 5.45. The summed E-state index contributed by atoms with van der Waals surface area (Å²) in [6.07, 6.45) is 4.07. The standard InChI is InChI=1S/C12H15N3O2/c1-17-12(16)6-9(7-13)10-8-15-5-3-2-4-11(15)14-10/h2-5,8-9H,6-7,13H2,1H3. The van der Waals surface area contributed by atoms with E-state index in [9.17, 15) is 4.79 Å². The summed E-state index contributed by atoms with van der Waals surface area (Å²) >= 11 is 0. The molecule has 1 unspecified atom stereocenters. The fourth-order valence-corrected chi connectivity index (χ4v) is 1.74. The van der Waals surface area contributed by atoms with Crippen LogP contribution in [0.1, 0.15) is 18.0 Å². The van der Waals surface area contributed by atoms with Gasteiger partial charge in [-0.05, 0) is 12.1 Å². The normalized spacial score (nSPS) is 12.6. The molecular weight excluding hydrogens is 218 g/mol. The van der Waals surface area contributed by atoms with E-state index in [1.807, 2.05) is 35.0 Å². The second kappa shape index (κ2) is 4.97. The van der Waals surface area contributed by atoms with Crippen molar-refractivity contribution < 1.29 is 9.53 Å². The van der Waals surface area contributed by atoms with Crippen LogP contribution in [0.25, 0.3) is 5.65 Å². The number of pyridine rings is 1. The number of carbonyl (C=O) groups is 1.